The number of likely N-dealkylation sites (tertiary alicyclic amines) is 1. The number of benzene rings is 1. The van der Waals surface area contributed by atoms with Gasteiger partial charge < -0.3 is 24.3 Å². The summed E-state index contributed by atoms with van der Waals surface area (Å²) in [4.78, 5) is 27.0. The van der Waals surface area contributed by atoms with E-state index in [0.29, 0.717) is 31.0 Å². The number of fused-ring (bicyclic) bond motifs is 1. The van der Waals surface area contributed by atoms with Gasteiger partial charge in [-0.1, -0.05) is 6.07 Å². The van der Waals surface area contributed by atoms with Crippen LogP contribution in [-0.2, 0) is 29.0 Å². The van der Waals surface area contributed by atoms with Crippen molar-refractivity contribution < 1.29 is 19.1 Å². The third-order valence-corrected chi connectivity index (χ3v) is 6.09. The number of nitrogens with zero attached hydrogens (tertiary/aromatic N) is 4. The van der Waals surface area contributed by atoms with E-state index < -0.39 is 0 Å². The van der Waals surface area contributed by atoms with Crippen molar-refractivity contribution in [1.29, 1.82) is 0 Å². The Morgan fingerprint density at radius 1 is 1.26 bits per heavy atom. The van der Waals surface area contributed by atoms with Crippen molar-refractivity contribution >= 4 is 11.8 Å². The lowest BCUT2D eigenvalue weighted by Crippen LogP contribution is -2.35. The van der Waals surface area contributed by atoms with Crippen molar-refractivity contribution in [3.05, 3.63) is 35.4 Å². The SMILES string of the molecule is COc1ccc(CCN2C[C@@H](C(=O)N[C@@H](C)c3nnc4n3CCC4)CC2=O)cc1OC. The van der Waals surface area contributed by atoms with Crippen LogP contribution in [0.3, 0.4) is 0 Å². The van der Waals surface area contributed by atoms with E-state index >= 15 is 0 Å². The molecule has 2 amide bonds. The minimum Gasteiger partial charge on any atom is -0.493 e. The first-order chi connectivity index (χ1) is 15.0. The van der Waals surface area contributed by atoms with Crippen molar-refractivity contribution in [3.8, 4) is 11.5 Å². The Morgan fingerprint density at radius 2 is 2.06 bits per heavy atom. The second-order valence-electron chi connectivity index (χ2n) is 8.14. The van der Waals surface area contributed by atoms with Gasteiger partial charge >= 0.3 is 0 Å². The van der Waals surface area contributed by atoms with Crippen molar-refractivity contribution in [2.75, 3.05) is 27.3 Å². The molecule has 0 saturated carbocycles. The van der Waals surface area contributed by atoms with Crippen LogP contribution in [-0.4, -0.2) is 58.8 Å². The predicted octanol–water partition coefficient (Wildman–Crippen LogP) is 1.51. The maximum atomic E-state index is 12.8. The van der Waals surface area contributed by atoms with Crippen LogP contribution in [0.5, 0.6) is 11.5 Å². The minimum atomic E-state index is -0.346. The molecule has 4 rings (SSSR count). The van der Waals surface area contributed by atoms with E-state index in [-0.39, 0.29) is 30.2 Å². The second-order valence-corrected chi connectivity index (χ2v) is 8.14. The van der Waals surface area contributed by atoms with E-state index in [4.69, 9.17) is 9.47 Å². The third-order valence-electron chi connectivity index (χ3n) is 6.09. The first kappa shape index (κ1) is 21.1. The molecule has 1 aromatic carbocycles. The highest BCUT2D eigenvalue weighted by atomic mass is 16.5. The van der Waals surface area contributed by atoms with Gasteiger partial charge in [0.1, 0.15) is 5.82 Å². The van der Waals surface area contributed by atoms with Gasteiger partial charge in [0.25, 0.3) is 0 Å². The van der Waals surface area contributed by atoms with E-state index in [1.165, 1.54) is 0 Å². The van der Waals surface area contributed by atoms with E-state index in [0.717, 1.165) is 36.6 Å². The molecule has 0 aliphatic carbocycles. The molecule has 2 aromatic rings. The Labute approximate surface area is 181 Å². The maximum Gasteiger partial charge on any atom is 0.226 e. The van der Waals surface area contributed by atoms with Gasteiger partial charge in [0.2, 0.25) is 11.8 Å². The molecular formula is C22H29N5O4. The van der Waals surface area contributed by atoms with Crippen LogP contribution in [0.25, 0.3) is 0 Å². The molecule has 31 heavy (non-hydrogen) atoms. The number of rotatable bonds is 8. The molecule has 1 fully saturated rings. The van der Waals surface area contributed by atoms with Gasteiger partial charge in [-0.2, -0.15) is 0 Å². The summed E-state index contributed by atoms with van der Waals surface area (Å²) < 4.78 is 12.7. The fourth-order valence-electron chi connectivity index (χ4n) is 4.35. The van der Waals surface area contributed by atoms with Gasteiger partial charge in [-0.05, 0) is 37.5 Å². The fourth-order valence-corrected chi connectivity index (χ4v) is 4.35. The molecule has 1 saturated heterocycles. The fraction of sp³-hybridized carbons (Fsp3) is 0.545. The zero-order valence-corrected chi connectivity index (χ0v) is 18.3. The Morgan fingerprint density at radius 3 is 2.84 bits per heavy atom. The van der Waals surface area contributed by atoms with Crippen LogP contribution in [0, 0.1) is 5.92 Å². The summed E-state index contributed by atoms with van der Waals surface area (Å²) in [6.45, 7) is 3.80. The van der Waals surface area contributed by atoms with Gasteiger partial charge in [-0.15, -0.1) is 10.2 Å². The first-order valence-corrected chi connectivity index (χ1v) is 10.7. The normalized spacial score (nSPS) is 18.7. The van der Waals surface area contributed by atoms with Gasteiger partial charge in [0.15, 0.2) is 17.3 Å². The van der Waals surface area contributed by atoms with Crippen LogP contribution in [0.15, 0.2) is 18.2 Å². The largest absolute Gasteiger partial charge is 0.493 e. The number of ether oxygens (including phenoxy) is 2. The summed E-state index contributed by atoms with van der Waals surface area (Å²) in [5, 5.41) is 11.5. The van der Waals surface area contributed by atoms with Crippen LogP contribution < -0.4 is 14.8 Å². The van der Waals surface area contributed by atoms with E-state index in [2.05, 4.69) is 20.1 Å². The van der Waals surface area contributed by atoms with Crippen LogP contribution >= 0.6 is 0 Å². The van der Waals surface area contributed by atoms with Gasteiger partial charge in [-0.3, -0.25) is 9.59 Å². The Kier molecular flexibility index (Phi) is 6.11. The molecule has 9 nitrogen and oxygen atoms in total. The molecule has 0 radical (unpaired) electrons. The van der Waals surface area contributed by atoms with Crippen LogP contribution in [0.4, 0.5) is 0 Å². The lowest BCUT2D eigenvalue weighted by atomic mass is 10.1. The molecule has 166 valence electrons. The Bertz CT molecular complexity index is 973. The number of amides is 2. The van der Waals surface area contributed by atoms with E-state index in [1.807, 2.05) is 25.1 Å². The van der Waals surface area contributed by atoms with Gasteiger partial charge in [-0.25, -0.2) is 0 Å². The smallest absolute Gasteiger partial charge is 0.226 e. The Hall–Kier alpha value is -3.10. The molecule has 0 spiro atoms. The standard InChI is InChI=1S/C22H29N5O4/c1-14(21-25-24-19-5-4-9-27(19)21)23-22(29)16-12-20(28)26(13-16)10-8-15-6-7-17(30-2)18(11-15)31-3/h6-7,11,14,16H,4-5,8-10,12-13H2,1-3H3,(H,23,29)/t14-,16-/m0/s1. The predicted molar refractivity (Wildman–Crippen MR) is 113 cm³/mol. The number of methoxy groups -OCH3 is 2. The number of aromatic nitrogens is 3. The van der Waals surface area contributed by atoms with Crippen LogP contribution in [0.2, 0.25) is 0 Å². The molecule has 0 bridgehead atoms. The first-order valence-electron chi connectivity index (χ1n) is 10.7. The quantitative estimate of drug-likeness (QED) is 0.686. The van der Waals surface area contributed by atoms with Crippen molar-refractivity contribution in [2.24, 2.45) is 5.92 Å². The molecule has 0 unspecified atom stereocenters. The lowest BCUT2D eigenvalue weighted by Gasteiger charge is -2.19. The number of carbonyl (C=O) groups excluding carboxylic acids is 2. The highest BCUT2D eigenvalue weighted by Crippen LogP contribution is 2.28. The highest BCUT2D eigenvalue weighted by Gasteiger charge is 2.35. The number of hydrogen-bond donors (Lipinski definition) is 1. The minimum absolute atomic E-state index is 0.0108. The summed E-state index contributed by atoms with van der Waals surface area (Å²) in [5.74, 6) is 2.67. The number of carbonyl (C=O) groups is 2. The number of nitrogens with one attached hydrogen (secondary N) is 1. The summed E-state index contributed by atoms with van der Waals surface area (Å²) in [7, 11) is 3.20. The molecule has 3 heterocycles. The van der Waals surface area contributed by atoms with Gasteiger partial charge in [0, 0.05) is 32.5 Å². The zero-order chi connectivity index (χ0) is 22.0. The van der Waals surface area contributed by atoms with E-state index in [9.17, 15) is 9.59 Å². The number of hydrogen-bond acceptors (Lipinski definition) is 6. The molecular weight excluding hydrogens is 398 g/mol. The summed E-state index contributed by atoms with van der Waals surface area (Å²) in [6.07, 6.45) is 2.91. The maximum absolute atomic E-state index is 12.8. The monoisotopic (exact) mass is 427 g/mol. The van der Waals surface area contributed by atoms with E-state index in [1.54, 1.807) is 19.1 Å². The third kappa shape index (κ3) is 4.35. The molecule has 1 aromatic heterocycles. The lowest BCUT2D eigenvalue weighted by molar-refractivity contribution is -0.129. The topological polar surface area (TPSA) is 98.6 Å². The van der Waals surface area contributed by atoms with Crippen molar-refractivity contribution in [3.63, 3.8) is 0 Å². The summed E-state index contributed by atoms with van der Waals surface area (Å²) in [5.41, 5.74) is 1.05. The molecule has 2 atom stereocenters. The van der Waals surface area contributed by atoms with Crippen molar-refractivity contribution in [1.82, 2.24) is 25.0 Å². The number of aryl methyl sites for hydroxylation is 1. The second kappa shape index (κ2) is 8.95. The summed E-state index contributed by atoms with van der Waals surface area (Å²) >= 11 is 0. The van der Waals surface area contributed by atoms with Crippen molar-refractivity contribution in [2.45, 2.75) is 45.2 Å². The van der Waals surface area contributed by atoms with Gasteiger partial charge in [0.05, 0.1) is 26.2 Å². The highest BCUT2D eigenvalue weighted by molar-refractivity contribution is 5.89. The molecule has 2 aliphatic rings. The average Bonchev–Trinajstić information content (AvgIpc) is 3.47. The zero-order valence-electron chi connectivity index (χ0n) is 18.3. The molecule has 1 N–H and O–H groups in total. The molecule has 2 aliphatic heterocycles. The Balaban J connectivity index is 1.32. The molecule has 9 heteroatoms. The summed E-state index contributed by atoms with van der Waals surface area (Å²) in [6, 6.07) is 5.51. The van der Waals surface area contributed by atoms with Crippen LogP contribution in [0.1, 0.15) is 43.0 Å². The average molecular weight is 428 g/mol.